The number of hydrogen-bond donors (Lipinski definition) is 2. The Hall–Kier alpha value is -2.15. The van der Waals surface area contributed by atoms with Gasteiger partial charge >= 0.3 is 5.97 Å². The second-order valence-corrected chi connectivity index (χ2v) is 6.85. The molecule has 0 unspecified atom stereocenters. The molecule has 1 amide bonds. The molecule has 2 rings (SSSR count). The van der Waals surface area contributed by atoms with Crippen molar-refractivity contribution in [1.82, 2.24) is 15.2 Å². The van der Waals surface area contributed by atoms with Crippen molar-refractivity contribution in [3.63, 3.8) is 0 Å². The van der Waals surface area contributed by atoms with Gasteiger partial charge in [-0.15, -0.1) is 0 Å². The van der Waals surface area contributed by atoms with Crippen molar-refractivity contribution < 1.29 is 14.7 Å². The van der Waals surface area contributed by atoms with Crippen LogP contribution in [0.5, 0.6) is 0 Å². The molecule has 2 N–H and O–H groups in total. The third kappa shape index (κ3) is 6.34. The summed E-state index contributed by atoms with van der Waals surface area (Å²) in [5, 5.41) is 11.8. The lowest BCUT2D eigenvalue weighted by Crippen LogP contribution is -2.48. The summed E-state index contributed by atoms with van der Waals surface area (Å²) in [5.74, 6) is 0.0465. The second kappa shape index (κ2) is 9.36. The maximum absolute atomic E-state index is 12.0. The highest BCUT2D eigenvalue weighted by Crippen LogP contribution is 2.12. The maximum Gasteiger partial charge on any atom is 0.326 e. The van der Waals surface area contributed by atoms with E-state index < -0.39 is 12.0 Å². The number of hydrogen-bond acceptors (Lipinski definition) is 5. The van der Waals surface area contributed by atoms with Crippen LogP contribution in [0.2, 0.25) is 0 Å². The van der Waals surface area contributed by atoms with E-state index in [1.165, 1.54) is 0 Å². The maximum atomic E-state index is 12.0. The van der Waals surface area contributed by atoms with Crippen LogP contribution in [0, 0.1) is 5.92 Å². The molecule has 138 valence electrons. The zero-order valence-electron chi connectivity index (χ0n) is 15.0. The zero-order valence-corrected chi connectivity index (χ0v) is 15.0. The third-order valence-electron chi connectivity index (χ3n) is 4.34. The molecule has 0 aliphatic carbocycles. The predicted molar refractivity (Wildman–Crippen MR) is 96.5 cm³/mol. The summed E-state index contributed by atoms with van der Waals surface area (Å²) >= 11 is 0. The Morgan fingerprint density at radius 2 is 1.96 bits per heavy atom. The minimum Gasteiger partial charge on any atom is -0.480 e. The number of pyridine rings is 1. The molecule has 1 aliphatic heterocycles. The predicted octanol–water partition coefficient (Wildman–Crippen LogP) is 1.21. The van der Waals surface area contributed by atoms with Crippen molar-refractivity contribution in [1.29, 1.82) is 0 Å². The van der Waals surface area contributed by atoms with Gasteiger partial charge in [-0.3, -0.25) is 9.69 Å². The summed E-state index contributed by atoms with van der Waals surface area (Å²) in [6, 6.07) is 5.09. The molecule has 7 nitrogen and oxygen atoms in total. The molecule has 0 aromatic carbocycles. The molecule has 2 heterocycles. The molecule has 1 aromatic heterocycles. The molecule has 0 saturated carbocycles. The van der Waals surface area contributed by atoms with E-state index in [1.54, 1.807) is 6.20 Å². The van der Waals surface area contributed by atoms with E-state index in [9.17, 15) is 14.7 Å². The van der Waals surface area contributed by atoms with Gasteiger partial charge in [-0.25, -0.2) is 9.78 Å². The fraction of sp³-hybridized carbons (Fsp3) is 0.611. The number of piperazine rings is 1. The first-order valence-corrected chi connectivity index (χ1v) is 8.86. The molecule has 1 aromatic rings. The van der Waals surface area contributed by atoms with Crippen LogP contribution in [0.3, 0.4) is 0 Å². The Bertz CT molecular complexity index is 557. The smallest absolute Gasteiger partial charge is 0.326 e. The van der Waals surface area contributed by atoms with Crippen LogP contribution in [0.25, 0.3) is 0 Å². The minimum atomic E-state index is -0.967. The molecule has 25 heavy (non-hydrogen) atoms. The second-order valence-electron chi connectivity index (χ2n) is 6.85. The number of aliphatic carboxylic acids is 1. The van der Waals surface area contributed by atoms with E-state index in [0.717, 1.165) is 32.0 Å². The van der Waals surface area contributed by atoms with Crippen molar-refractivity contribution in [2.45, 2.75) is 32.7 Å². The first kappa shape index (κ1) is 19.2. The number of carbonyl (C=O) groups is 2. The first-order chi connectivity index (χ1) is 12.0. The average Bonchev–Trinajstić information content (AvgIpc) is 2.60. The number of nitrogens with one attached hydrogen (secondary N) is 1. The van der Waals surface area contributed by atoms with E-state index in [-0.39, 0.29) is 11.8 Å². The summed E-state index contributed by atoms with van der Waals surface area (Å²) < 4.78 is 0. The Morgan fingerprint density at radius 1 is 1.24 bits per heavy atom. The Labute approximate surface area is 149 Å². The highest BCUT2D eigenvalue weighted by Gasteiger charge is 2.22. The lowest BCUT2D eigenvalue weighted by molar-refractivity contribution is -0.142. The summed E-state index contributed by atoms with van der Waals surface area (Å²) in [6.07, 6.45) is 2.57. The van der Waals surface area contributed by atoms with E-state index in [2.05, 4.69) is 20.1 Å². The highest BCUT2D eigenvalue weighted by molar-refractivity contribution is 5.83. The lowest BCUT2D eigenvalue weighted by atomic mass is 10.0. The van der Waals surface area contributed by atoms with Crippen molar-refractivity contribution in [3.8, 4) is 0 Å². The number of carbonyl (C=O) groups excluding carboxylic acids is 1. The highest BCUT2D eigenvalue weighted by atomic mass is 16.4. The van der Waals surface area contributed by atoms with Crippen LogP contribution in [0.15, 0.2) is 24.4 Å². The molecule has 1 saturated heterocycles. The largest absolute Gasteiger partial charge is 0.480 e. The number of aromatic nitrogens is 1. The van der Waals surface area contributed by atoms with Gasteiger partial charge in [0.1, 0.15) is 11.9 Å². The van der Waals surface area contributed by atoms with Crippen LogP contribution < -0.4 is 10.2 Å². The zero-order chi connectivity index (χ0) is 18.2. The van der Waals surface area contributed by atoms with Crippen LogP contribution >= 0.6 is 0 Å². The average molecular weight is 348 g/mol. The van der Waals surface area contributed by atoms with Crippen molar-refractivity contribution in [2.24, 2.45) is 5.92 Å². The van der Waals surface area contributed by atoms with E-state index in [0.29, 0.717) is 19.4 Å². The topological polar surface area (TPSA) is 85.8 Å². The summed E-state index contributed by atoms with van der Waals surface area (Å²) in [4.78, 5) is 32.1. The molecule has 1 aliphatic rings. The van der Waals surface area contributed by atoms with E-state index in [4.69, 9.17) is 0 Å². The van der Waals surface area contributed by atoms with Crippen LogP contribution in [-0.2, 0) is 9.59 Å². The number of carboxylic acids is 1. The van der Waals surface area contributed by atoms with Crippen molar-refractivity contribution >= 4 is 17.7 Å². The number of carboxylic acid groups (broad SMARTS) is 1. The van der Waals surface area contributed by atoms with Gasteiger partial charge in [0, 0.05) is 45.3 Å². The molecule has 0 bridgehead atoms. The fourth-order valence-electron chi connectivity index (χ4n) is 2.96. The number of rotatable bonds is 8. The van der Waals surface area contributed by atoms with Gasteiger partial charge < -0.3 is 15.3 Å². The van der Waals surface area contributed by atoms with E-state index >= 15 is 0 Å². The standard InChI is InChI=1S/C18H28N4O3/c1-14(2)13-15(18(24)25)20-17(23)6-8-21-9-11-22(12-10-21)16-5-3-4-7-19-16/h3-5,7,14-15H,6,8-13H2,1-2H3,(H,20,23)(H,24,25)/t15-/m1/s1. The van der Waals surface area contributed by atoms with Crippen molar-refractivity contribution in [3.05, 3.63) is 24.4 Å². The molecule has 0 radical (unpaired) electrons. The van der Waals surface area contributed by atoms with Gasteiger partial charge in [0.05, 0.1) is 0 Å². The normalized spacial score (nSPS) is 16.7. The van der Waals surface area contributed by atoms with Gasteiger partial charge in [0.25, 0.3) is 0 Å². The van der Waals surface area contributed by atoms with Gasteiger partial charge in [0.2, 0.25) is 5.91 Å². The summed E-state index contributed by atoms with van der Waals surface area (Å²) in [7, 11) is 0. The molecular weight excluding hydrogens is 320 g/mol. The SMILES string of the molecule is CC(C)C[C@@H](NC(=O)CCN1CCN(c2ccccn2)CC1)C(=O)O. The quantitative estimate of drug-likeness (QED) is 0.734. The summed E-state index contributed by atoms with van der Waals surface area (Å²) in [5.41, 5.74) is 0. The Kier molecular flexibility index (Phi) is 7.18. The van der Waals surface area contributed by atoms with Gasteiger partial charge in [-0.1, -0.05) is 19.9 Å². The van der Waals surface area contributed by atoms with Crippen LogP contribution in [-0.4, -0.2) is 65.6 Å². The number of amides is 1. The lowest BCUT2D eigenvalue weighted by Gasteiger charge is -2.35. The van der Waals surface area contributed by atoms with Gasteiger partial charge in [0.15, 0.2) is 0 Å². The van der Waals surface area contributed by atoms with Crippen LogP contribution in [0.1, 0.15) is 26.7 Å². The molecular formula is C18H28N4O3. The van der Waals surface area contributed by atoms with E-state index in [1.807, 2.05) is 32.0 Å². The number of anilines is 1. The third-order valence-corrected chi connectivity index (χ3v) is 4.34. The molecule has 1 fully saturated rings. The molecule has 0 spiro atoms. The summed E-state index contributed by atoms with van der Waals surface area (Å²) in [6.45, 7) is 8.05. The molecule has 7 heteroatoms. The van der Waals surface area contributed by atoms with Gasteiger partial charge in [-0.05, 0) is 24.5 Å². The minimum absolute atomic E-state index is 0.194. The van der Waals surface area contributed by atoms with Crippen molar-refractivity contribution in [2.75, 3.05) is 37.6 Å². The monoisotopic (exact) mass is 348 g/mol. The fourth-order valence-corrected chi connectivity index (χ4v) is 2.96. The Morgan fingerprint density at radius 3 is 2.52 bits per heavy atom. The first-order valence-electron chi connectivity index (χ1n) is 8.86. The van der Waals surface area contributed by atoms with Gasteiger partial charge in [-0.2, -0.15) is 0 Å². The Balaban J connectivity index is 1.71. The molecule has 1 atom stereocenters. The van der Waals surface area contributed by atoms with Crippen LogP contribution in [0.4, 0.5) is 5.82 Å². The number of nitrogens with zero attached hydrogens (tertiary/aromatic N) is 3.